The highest BCUT2D eigenvalue weighted by atomic mass is 35.5. The van der Waals surface area contributed by atoms with E-state index in [9.17, 15) is 4.39 Å². The Balaban J connectivity index is 1.99. The van der Waals surface area contributed by atoms with Crippen LogP contribution in [0.5, 0.6) is 0 Å². The summed E-state index contributed by atoms with van der Waals surface area (Å²) < 4.78 is 13.8. The standard InChI is InChI=1S/C17H20ClFN2/c1-12-4-2-3-5-13(12)7-9-16(21-20)10-14-6-8-15(18)11-17(14)19/h2-6,8,11,16,21H,7,9-10,20H2,1H3. The van der Waals surface area contributed by atoms with Crippen molar-refractivity contribution in [2.45, 2.75) is 32.2 Å². The van der Waals surface area contributed by atoms with Crippen LogP contribution in [0.4, 0.5) is 4.39 Å². The van der Waals surface area contributed by atoms with Crippen LogP contribution in [0.25, 0.3) is 0 Å². The van der Waals surface area contributed by atoms with Gasteiger partial charge in [-0.25, -0.2) is 4.39 Å². The van der Waals surface area contributed by atoms with Gasteiger partial charge < -0.3 is 0 Å². The van der Waals surface area contributed by atoms with Crippen molar-refractivity contribution >= 4 is 11.6 Å². The molecule has 2 aromatic carbocycles. The van der Waals surface area contributed by atoms with Crippen molar-refractivity contribution < 1.29 is 4.39 Å². The topological polar surface area (TPSA) is 38.0 Å². The number of hydrogen-bond acceptors (Lipinski definition) is 2. The van der Waals surface area contributed by atoms with E-state index in [-0.39, 0.29) is 11.9 Å². The molecule has 2 nitrogen and oxygen atoms in total. The monoisotopic (exact) mass is 306 g/mol. The molecule has 0 amide bonds. The molecule has 0 aromatic heterocycles. The molecule has 0 aliphatic carbocycles. The second-order valence-corrected chi connectivity index (χ2v) is 5.71. The van der Waals surface area contributed by atoms with Crippen LogP contribution in [-0.2, 0) is 12.8 Å². The van der Waals surface area contributed by atoms with E-state index in [2.05, 4.69) is 24.5 Å². The summed E-state index contributed by atoms with van der Waals surface area (Å²) in [5.41, 5.74) is 5.98. The van der Waals surface area contributed by atoms with E-state index in [1.54, 1.807) is 12.1 Å². The Morgan fingerprint density at radius 2 is 1.95 bits per heavy atom. The maximum atomic E-state index is 13.8. The first-order chi connectivity index (χ1) is 10.1. The molecule has 2 aromatic rings. The molecule has 0 saturated carbocycles. The predicted octanol–water partition coefficient (Wildman–Crippen LogP) is 3.79. The fourth-order valence-electron chi connectivity index (χ4n) is 2.42. The first-order valence-corrected chi connectivity index (χ1v) is 7.42. The van der Waals surface area contributed by atoms with Gasteiger partial charge in [0.05, 0.1) is 0 Å². The van der Waals surface area contributed by atoms with E-state index in [0.717, 1.165) is 12.8 Å². The van der Waals surface area contributed by atoms with E-state index < -0.39 is 0 Å². The van der Waals surface area contributed by atoms with Gasteiger partial charge in [0, 0.05) is 11.1 Å². The molecule has 4 heteroatoms. The van der Waals surface area contributed by atoms with Crippen LogP contribution in [-0.4, -0.2) is 6.04 Å². The molecular formula is C17H20ClFN2. The maximum Gasteiger partial charge on any atom is 0.127 e. The largest absolute Gasteiger partial charge is 0.271 e. The fraction of sp³-hybridized carbons (Fsp3) is 0.294. The SMILES string of the molecule is Cc1ccccc1CCC(Cc1ccc(Cl)cc1F)NN. The third-order valence-electron chi connectivity index (χ3n) is 3.74. The van der Waals surface area contributed by atoms with Crippen molar-refractivity contribution in [2.24, 2.45) is 5.84 Å². The Hall–Kier alpha value is -1.42. The molecule has 21 heavy (non-hydrogen) atoms. The second-order valence-electron chi connectivity index (χ2n) is 5.27. The van der Waals surface area contributed by atoms with Crippen LogP contribution in [0.1, 0.15) is 23.1 Å². The van der Waals surface area contributed by atoms with Crippen LogP contribution in [0.15, 0.2) is 42.5 Å². The molecule has 1 atom stereocenters. The molecule has 0 saturated heterocycles. The molecule has 2 rings (SSSR count). The molecule has 0 aliphatic rings. The lowest BCUT2D eigenvalue weighted by atomic mass is 9.97. The van der Waals surface area contributed by atoms with Gasteiger partial charge in [0.15, 0.2) is 0 Å². The van der Waals surface area contributed by atoms with Crippen LogP contribution >= 0.6 is 11.6 Å². The molecule has 0 fully saturated rings. The average Bonchev–Trinajstić information content (AvgIpc) is 2.47. The van der Waals surface area contributed by atoms with Gasteiger partial charge in [-0.3, -0.25) is 11.3 Å². The summed E-state index contributed by atoms with van der Waals surface area (Å²) in [5.74, 6) is 5.33. The number of nitrogens with one attached hydrogen (secondary N) is 1. The Bertz CT molecular complexity index is 601. The first kappa shape index (κ1) is 16.0. The molecule has 1 unspecified atom stereocenters. The van der Waals surface area contributed by atoms with Crippen LogP contribution < -0.4 is 11.3 Å². The van der Waals surface area contributed by atoms with Gasteiger partial charge in [-0.1, -0.05) is 41.9 Å². The average molecular weight is 307 g/mol. The zero-order chi connectivity index (χ0) is 15.2. The highest BCUT2D eigenvalue weighted by Gasteiger charge is 2.12. The van der Waals surface area contributed by atoms with Gasteiger partial charge in [-0.2, -0.15) is 0 Å². The van der Waals surface area contributed by atoms with Gasteiger partial charge in [0.1, 0.15) is 5.82 Å². The first-order valence-electron chi connectivity index (χ1n) is 7.04. The van der Waals surface area contributed by atoms with Crippen LogP contribution in [0.2, 0.25) is 5.02 Å². The van der Waals surface area contributed by atoms with E-state index in [1.165, 1.54) is 17.2 Å². The fourth-order valence-corrected chi connectivity index (χ4v) is 2.58. The third kappa shape index (κ3) is 4.53. The van der Waals surface area contributed by atoms with Gasteiger partial charge >= 0.3 is 0 Å². The maximum absolute atomic E-state index is 13.8. The second kappa shape index (κ2) is 7.55. The highest BCUT2D eigenvalue weighted by Crippen LogP contribution is 2.18. The lowest BCUT2D eigenvalue weighted by Gasteiger charge is -2.17. The van der Waals surface area contributed by atoms with Gasteiger partial charge in [0.2, 0.25) is 0 Å². The highest BCUT2D eigenvalue weighted by molar-refractivity contribution is 6.30. The molecule has 0 heterocycles. The van der Waals surface area contributed by atoms with Crippen molar-refractivity contribution in [1.29, 1.82) is 0 Å². The summed E-state index contributed by atoms with van der Waals surface area (Å²) in [6, 6.07) is 13.1. The van der Waals surface area contributed by atoms with E-state index in [0.29, 0.717) is 17.0 Å². The number of rotatable bonds is 6. The zero-order valence-corrected chi connectivity index (χ0v) is 12.8. The number of hydrazine groups is 1. The molecule has 112 valence electrons. The van der Waals surface area contributed by atoms with Crippen LogP contribution in [0, 0.1) is 12.7 Å². The minimum Gasteiger partial charge on any atom is -0.271 e. The smallest absolute Gasteiger partial charge is 0.127 e. The lowest BCUT2D eigenvalue weighted by molar-refractivity contribution is 0.480. The van der Waals surface area contributed by atoms with Crippen molar-refractivity contribution in [3.8, 4) is 0 Å². The lowest BCUT2D eigenvalue weighted by Crippen LogP contribution is -2.37. The number of halogens is 2. The minimum atomic E-state index is -0.279. The molecule has 0 bridgehead atoms. The Kier molecular flexibility index (Phi) is 5.74. The Morgan fingerprint density at radius 1 is 1.19 bits per heavy atom. The number of benzene rings is 2. The van der Waals surface area contributed by atoms with Crippen molar-refractivity contribution in [2.75, 3.05) is 0 Å². The van der Waals surface area contributed by atoms with E-state index in [4.69, 9.17) is 17.4 Å². The molecule has 3 N–H and O–H groups in total. The van der Waals surface area contributed by atoms with Crippen molar-refractivity contribution in [3.05, 3.63) is 70.0 Å². The predicted molar refractivity (Wildman–Crippen MR) is 85.7 cm³/mol. The third-order valence-corrected chi connectivity index (χ3v) is 3.98. The van der Waals surface area contributed by atoms with Crippen molar-refractivity contribution in [1.82, 2.24) is 5.43 Å². The zero-order valence-electron chi connectivity index (χ0n) is 12.1. The summed E-state index contributed by atoms with van der Waals surface area (Å²) in [5, 5.41) is 0.411. The minimum absolute atomic E-state index is 0.0280. The summed E-state index contributed by atoms with van der Waals surface area (Å²) in [6.45, 7) is 2.10. The summed E-state index contributed by atoms with van der Waals surface area (Å²) in [4.78, 5) is 0. The molecular weight excluding hydrogens is 287 g/mol. The van der Waals surface area contributed by atoms with Gasteiger partial charge in [0.25, 0.3) is 0 Å². The van der Waals surface area contributed by atoms with E-state index in [1.807, 2.05) is 12.1 Å². The number of aryl methyl sites for hydroxylation is 2. The van der Waals surface area contributed by atoms with E-state index >= 15 is 0 Å². The van der Waals surface area contributed by atoms with Gasteiger partial charge in [-0.15, -0.1) is 0 Å². The molecule has 0 aliphatic heterocycles. The normalized spacial score (nSPS) is 12.4. The number of hydrogen-bond donors (Lipinski definition) is 2. The van der Waals surface area contributed by atoms with Crippen molar-refractivity contribution in [3.63, 3.8) is 0 Å². The summed E-state index contributed by atoms with van der Waals surface area (Å²) >= 11 is 5.77. The van der Waals surface area contributed by atoms with Crippen LogP contribution in [0.3, 0.4) is 0 Å². The quantitative estimate of drug-likeness (QED) is 0.629. The Labute approximate surface area is 130 Å². The summed E-state index contributed by atoms with van der Waals surface area (Å²) in [7, 11) is 0. The molecule has 0 spiro atoms. The number of nitrogens with two attached hydrogens (primary N) is 1. The summed E-state index contributed by atoms with van der Waals surface area (Å²) in [6.07, 6.45) is 2.31. The van der Waals surface area contributed by atoms with Gasteiger partial charge in [-0.05, 0) is 55.0 Å². The Morgan fingerprint density at radius 3 is 2.62 bits per heavy atom. The molecule has 0 radical (unpaired) electrons.